The first kappa shape index (κ1) is 13.0. The molecule has 4 heteroatoms. The summed E-state index contributed by atoms with van der Waals surface area (Å²) in [4.78, 5) is 7.14. The molecule has 2 heterocycles. The molecule has 2 aliphatic rings. The third kappa shape index (κ3) is 2.95. The van der Waals surface area contributed by atoms with Gasteiger partial charge in [0.1, 0.15) is 0 Å². The number of aliphatic imine (C=N–C) groups is 1. The first-order valence-corrected chi connectivity index (χ1v) is 7.25. The Labute approximate surface area is 120 Å². The Bertz CT molecular complexity index is 496. The standard InChI is InChI=1S/C16H21N3O/c1-16(10-7-13-20-16)18-15(19-11-5-6-12-19)17-14-8-3-2-4-9-14/h2-4,7-9,13H,5-6,10-12H2,1H3,(H,17,18). The van der Waals surface area contributed by atoms with Crippen molar-refractivity contribution >= 4 is 11.6 Å². The van der Waals surface area contributed by atoms with Crippen LogP contribution in [0.25, 0.3) is 0 Å². The van der Waals surface area contributed by atoms with Crippen molar-refractivity contribution in [2.75, 3.05) is 18.4 Å². The van der Waals surface area contributed by atoms with E-state index in [1.807, 2.05) is 31.2 Å². The van der Waals surface area contributed by atoms with Gasteiger partial charge in [-0.3, -0.25) is 0 Å². The number of nitrogens with zero attached hydrogens (tertiary/aromatic N) is 2. The number of para-hydroxylation sites is 1. The highest BCUT2D eigenvalue weighted by atomic mass is 16.5. The Morgan fingerprint density at radius 1 is 1.25 bits per heavy atom. The molecule has 0 radical (unpaired) electrons. The third-order valence-corrected chi connectivity index (χ3v) is 3.69. The molecule has 0 aromatic heterocycles. The monoisotopic (exact) mass is 271 g/mol. The summed E-state index contributed by atoms with van der Waals surface area (Å²) in [6.45, 7) is 4.14. The molecule has 1 fully saturated rings. The maximum absolute atomic E-state index is 5.63. The summed E-state index contributed by atoms with van der Waals surface area (Å²) >= 11 is 0. The van der Waals surface area contributed by atoms with Crippen molar-refractivity contribution in [1.82, 2.24) is 4.90 Å². The lowest BCUT2D eigenvalue weighted by atomic mass is 10.2. The van der Waals surface area contributed by atoms with Crippen LogP contribution in [0.4, 0.5) is 5.69 Å². The lowest BCUT2D eigenvalue weighted by Gasteiger charge is -2.26. The lowest BCUT2D eigenvalue weighted by molar-refractivity contribution is 0.0716. The first-order valence-electron chi connectivity index (χ1n) is 7.25. The fraction of sp³-hybridized carbons (Fsp3) is 0.438. The highest BCUT2D eigenvalue weighted by Crippen LogP contribution is 2.25. The maximum Gasteiger partial charge on any atom is 0.203 e. The van der Waals surface area contributed by atoms with Crippen LogP contribution in [0.3, 0.4) is 0 Å². The van der Waals surface area contributed by atoms with Crippen molar-refractivity contribution < 1.29 is 4.74 Å². The predicted molar refractivity (Wildman–Crippen MR) is 81.6 cm³/mol. The van der Waals surface area contributed by atoms with E-state index in [1.54, 1.807) is 6.26 Å². The summed E-state index contributed by atoms with van der Waals surface area (Å²) in [5, 5.41) is 3.44. The zero-order valence-corrected chi connectivity index (χ0v) is 11.9. The number of ether oxygens (including phenoxy) is 1. The Morgan fingerprint density at radius 3 is 2.65 bits per heavy atom. The van der Waals surface area contributed by atoms with Gasteiger partial charge in [0.2, 0.25) is 11.7 Å². The quantitative estimate of drug-likeness (QED) is 0.663. The molecule has 1 saturated heterocycles. The molecule has 0 amide bonds. The average Bonchev–Trinajstić information content (AvgIpc) is 3.11. The molecule has 0 spiro atoms. The molecule has 1 unspecified atom stereocenters. The normalized spacial score (nSPS) is 25.9. The van der Waals surface area contributed by atoms with Crippen LogP contribution in [0.1, 0.15) is 26.2 Å². The van der Waals surface area contributed by atoms with Crippen LogP contribution in [0.15, 0.2) is 47.7 Å². The average molecular weight is 271 g/mol. The van der Waals surface area contributed by atoms with Crippen molar-refractivity contribution in [3.63, 3.8) is 0 Å². The molecule has 2 aliphatic heterocycles. The van der Waals surface area contributed by atoms with E-state index < -0.39 is 5.72 Å². The number of likely N-dealkylation sites (tertiary alicyclic amines) is 1. The third-order valence-electron chi connectivity index (χ3n) is 3.69. The number of hydrogen-bond acceptors (Lipinski definition) is 2. The molecular formula is C16H21N3O. The van der Waals surface area contributed by atoms with E-state index >= 15 is 0 Å². The van der Waals surface area contributed by atoms with Gasteiger partial charge in [0.05, 0.1) is 6.26 Å². The van der Waals surface area contributed by atoms with E-state index in [0.717, 1.165) is 31.2 Å². The second-order valence-corrected chi connectivity index (χ2v) is 5.49. The lowest BCUT2D eigenvalue weighted by Crippen LogP contribution is -2.37. The van der Waals surface area contributed by atoms with Crippen LogP contribution in [-0.4, -0.2) is 29.7 Å². The van der Waals surface area contributed by atoms with E-state index in [1.165, 1.54) is 12.8 Å². The number of benzene rings is 1. The molecule has 3 rings (SSSR count). The summed E-state index contributed by atoms with van der Waals surface area (Å²) < 4.78 is 5.63. The fourth-order valence-electron chi connectivity index (χ4n) is 2.56. The van der Waals surface area contributed by atoms with Crippen LogP contribution in [-0.2, 0) is 4.74 Å². The highest BCUT2D eigenvalue weighted by Gasteiger charge is 2.29. The second kappa shape index (κ2) is 5.57. The number of guanidine groups is 1. The number of rotatable bonds is 2. The summed E-state index contributed by atoms with van der Waals surface area (Å²) in [6, 6.07) is 10.2. The van der Waals surface area contributed by atoms with Gasteiger partial charge in [-0.05, 0) is 38.0 Å². The Morgan fingerprint density at radius 2 is 2.00 bits per heavy atom. The van der Waals surface area contributed by atoms with Crippen molar-refractivity contribution in [3.8, 4) is 0 Å². The molecule has 1 aromatic rings. The van der Waals surface area contributed by atoms with Gasteiger partial charge >= 0.3 is 0 Å². The minimum atomic E-state index is -0.473. The smallest absolute Gasteiger partial charge is 0.203 e. The van der Waals surface area contributed by atoms with E-state index in [0.29, 0.717) is 0 Å². The molecule has 0 saturated carbocycles. The highest BCUT2D eigenvalue weighted by molar-refractivity contribution is 5.94. The second-order valence-electron chi connectivity index (χ2n) is 5.49. The fourth-order valence-corrected chi connectivity index (χ4v) is 2.56. The minimum Gasteiger partial charge on any atom is -0.474 e. The zero-order chi connectivity index (χ0) is 13.8. The van der Waals surface area contributed by atoms with Gasteiger partial charge in [-0.25, -0.2) is 4.99 Å². The number of anilines is 1. The largest absolute Gasteiger partial charge is 0.474 e. The molecule has 1 aromatic carbocycles. The van der Waals surface area contributed by atoms with Gasteiger partial charge in [-0.1, -0.05) is 18.2 Å². The topological polar surface area (TPSA) is 36.9 Å². The molecular weight excluding hydrogens is 250 g/mol. The molecule has 106 valence electrons. The van der Waals surface area contributed by atoms with Crippen LogP contribution in [0.2, 0.25) is 0 Å². The SMILES string of the molecule is CC1(N=C(Nc2ccccc2)N2CCCC2)CC=CO1. The van der Waals surface area contributed by atoms with E-state index in [-0.39, 0.29) is 0 Å². The maximum atomic E-state index is 5.63. The van der Waals surface area contributed by atoms with Gasteiger partial charge in [-0.2, -0.15) is 0 Å². The summed E-state index contributed by atoms with van der Waals surface area (Å²) in [5.41, 5.74) is 0.590. The molecule has 0 aliphatic carbocycles. The van der Waals surface area contributed by atoms with Gasteiger partial charge in [0, 0.05) is 25.2 Å². The molecule has 1 atom stereocenters. The number of nitrogens with one attached hydrogen (secondary N) is 1. The van der Waals surface area contributed by atoms with Crippen molar-refractivity contribution in [2.45, 2.75) is 31.9 Å². The molecule has 20 heavy (non-hydrogen) atoms. The van der Waals surface area contributed by atoms with Gasteiger partial charge in [0.25, 0.3) is 0 Å². The van der Waals surface area contributed by atoms with Crippen LogP contribution in [0, 0.1) is 0 Å². The van der Waals surface area contributed by atoms with Crippen LogP contribution in [0.5, 0.6) is 0 Å². The predicted octanol–water partition coefficient (Wildman–Crippen LogP) is 3.20. The van der Waals surface area contributed by atoms with Crippen molar-refractivity contribution in [1.29, 1.82) is 0 Å². The van der Waals surface area contributed by atoms with Crippen LogP contribution >= 0.6 is 0 Å². The molecule has 1 N–H and O–H groups in total. The molecule has 0 bridgehead atoms. The molecule has 4 nitrogen and oxygen atoms in total. The Balaban J connectivity index is 1.82. The van der Waals surface area contributed by atoms with Gasteiger partial charge < -0.3 is 15.0 Å². The van der Waals surface area contributed by atoms with E-state index in [2.05, 4.69) is 22.3 Å². The van der Waals surface area contributed by atoms with Gasteiger partial charge in [0.15, 0.2) is 0 Å². The van der Waals surface area contributed by atoms with Gasteiger partial charge in [-0.15, -0.1) is 0 Å². The summed E-state index contributed by atoms with van der Waals surface area (Å²) in [6.07, 6.45) is 7.04. The number of hydrogen-bond donors (Lipinski definition) is 1. The van der Waals surface area contributed by atoms with Crippen molar-refractivity contribution in [3.05, 3.63) is 42.7 Å². The summed E-state index contributed by atoms with van der Waals surface area (Å²) in [7, 11) is 0. The van der Waals surface area contributed by atoms with Crippen molar-refractivity contribution in [2.24, 2.45) is 4.99 Å². The van der Waals surface area contributed by atoms with E-state index in [4.69, 9.17) is 9.73 Å². The first-order chi connectivity index (χ1) is 9.75. The Kier molecular flexibility index (Phi) is 3.63. The van der Waals surface area contributed by atoms with Crippen LogP contribution < -0.4 is 5.32 Å². The Hall–Kier alpha value is -1.97. The van der Waals surface area contributed by atoms with E-state index in [9.17, 15) is 0 Å². The summed E-state index contributed by atoms with van der Waals surface area (Å²) in [5.74, 6) is 0.917. The zero-order valence-electron chi connectivity index (χ0n) is 11.9. The minimum absolute atomic E-state index is 0.473.